The number of aromatic nitrogens is 2. The summed E-state index contributed by atoms with van der Waals surface area (Å²) in [5.74, 6) is 1.20. The maximum Gasteiger partial charge on any atom is 0.233 e. The number of fused-ring (bicyclic) bond motifs is 2. The topological polar surface area (TPSA) is 91.0 Å². The molecular weight excluding hydrogens is 308 g/mol. The van der Waals surface area contributed by atoms with Gasteiger partial charge in [0.25, 0.3) is 0 Å². The van der Waals surface area contributed by atoms with Gasteiger partial charge in [-0.05, 0) is 16.8 Å². The molecule has 0 atom stereocenters. The van der Waals surface area contributed by atoms with Crippen LogP contribution in [0.5, 0.6) is 0 Å². The second-order valence-corrected chi connectivity index (χ2v) is 6.19. The van der Waals surface area contributed by atoms with Gasteiger partial charge in [0.15, 0.2) is 0 Å². The molecule has 0 fully saturated rings. The second kappa shape index (κ2) is 5.48. The molecule has 0 saturated heterocycles. The van der Waals surface area contributed by atoms with Crippen LogP contribution in [-0.2, 0) is 5.75 Å². The number of furan rings is 1. The molecule has 0 radical (unpaired) electrons. The van der Waals surface area contributed by atoms with Crippen molar-refractivity contribution in [3.63, 3.8) is 0 Å². The first kappa shape index (κ1) is 13.9. The van der Waals surface area contributed by atoms with Crippen molar-refractivity contribution < 1.29 is 4.42 Å². The van der Waals surface area contributed by atoms with E-state index < -0.39 is 0 Å². The number of hydrogen-bond acceptors (Lipinski definition) is 6. The molecule has 0 spiro atoms. The Morgan fingerprint density at radius 2 is 1.83 bits per heavy atom. The van der Waals surface area contributed by atoms with Gasteiger partial charge in [0.05, 0.1) is 11.6 Å². The first-order chi connectivity index (χ1) is 11.2. The number of benzene rings is 2. The normalized spacial score (nSPS) is 11.3. The molecule has 0 aliphatic heterocycles. The Kier molecular flexibility index (Phi) is 3.31. The average molecular weight is 322 g/mol. The summed E-state index contributed by atoms with van der Waals surface area (Å²) >= 11 is 1.73. The van der Waals surface area contributed by atoms with Crippen molar-refractivity contribution in [3.05, 3.63) is 54.3 Å². The van der Waals surface area contributed by atoms with Crippen molar-refractivity contribution in [1.82, 2.24) is 9.97 Å². The molecule has 114 valence electrons. The number of rotatable bonds is 3. The Morgan fingerprint density at radius 3 is 2.74 bits per heavy atom. The molecular formula is C17H14N4OS. The SMILES string of the molecule is Nc1nc(N)c2c(CSc3cccc4ccccc34)coc2n1. The first-order valence-electron chi connectivity index (χ1n) is 7.12. The molecule has 0 unspecified atom stereocenters. The fourth-order valence-corrected chi connectivity index (χ4v) is 3.67. The Labute approximate surface area is 136 Å². The summed E-state index contributed by atoms with van der Waals surface area (Å²) in [5.41, 5.74) is 13.0. The lowest BCUT2D eigenvalue weighted by Crippen LogP contribution is -2.00. The number of nitrogens with two attached hydrogens (primary N) is 2. The predicted molar refractivity (Wildman–Crippen MR) is 94.1 cm³/mol. The molecule has 2 aromatic carbocycles. The lowest BCUT2D eigenvalue weighted by molar-refractivity contribution is 0.600. The fraction of sp³-hybridized carbons (Fsp3) is 0.0588. The maximum absolute atomic E-state index is 5.96. The molecule has 4 aromatic rings. The third kappa shape index (κ3) is 2.47. The van der Waals surface area contributed by atoms with Crippen LogP contribution in [0, 0.1) is 0 Å². The minimum absolute atomic E-state index is 0.123. The van der Waals surface area contributed by atoms with E-state index in [1.54, 1.807) is 18.0 Å². The smallest absolute Gasteiger partial charge is 0.233 e. The monoisotopic (exact) mass is 322 g/mol. The molecule has 4 rings (SSSR count). The van der Waals surface area contributed by atoms with Gasteiger partial charge in [-0.1, -0.05) is 36.4 Å². The zero-order valence-corrected chi connectivity index (χ0v) is 13.0. The number of hydrogen-bond donors (Lipinski definition) is 2. The van der Waals surface area contributed by atoms with E-state index in [1.165, 1.54) is 15.7 Å². The Morgan fingerprint density at radius 1 is 1.00 bits per heavy atom. The molecule has 0 bridgehead atoms. The Balaban J connectivity index is 1.69. The summed E-state index contributed by atoms with van der Waals surface area (Å²) in [6.45, 7) is 0. The summed E-state index contributed by atoms with van der Waals surface area (Å²) in [6.07, 6.45) is 1.67. The van der Waals surface area contributed by atoms with Crippen LogP contribution in [0.15, 0.2) is 58.0 Å². The van der Waals surface area contributed by atoms with E-state index in [1.807, 2.05) is 12.1 Å². The summed E-state index contributed by atoms with van der Waals surface area (Å²) in [4.78, 5) is 9.30. The number of anilines is 2. The van der Waals surface area contributed by atoms with Crippen LogP contribution >= 0.6 is 11.8 Å². The van der Waals surface area contributed by atoms with Gasteiger partial charge >= 0.3 is 0 Å². The van der Waals surface area contributed by atoms with Crippen molar-refractivity contribution in [1.29, 1.82) is 0 Å². The fourth-order valence-electron chi connectivity index (χ4n) is 2.63. The molecule has 4 N–H and O–H groups in total. The largest absolute Gasteiger partial charge is 0.446 e. The van der Waals surface area contributed by atoms with Gasteiger partial charge in [-0.25, -0.2) is 0 Å². The van der Waals surface area contributed by atoms with Crippen molar-refractivity contribution in [2.75, 3.05) is 11.5 Å². The Bertz CT molecular complexity index is 1010. The molecule has 0 amide bonds. The highest BCUT2D eigenvalue weighted by atomic mass is 32.2. The number of nitrogen functional groups attached to an aromatic ring is 2. The van der Waals surface area contributed by atoms with Crippen molar-refractivity contribution in [2.45, 2.75) is 10.6 Å². The van der Waals surface area contributed by atoms with Crippen molar-refractivity contribution in [3.8, 4) is 0 Å². The van der Waals surface area contributed by atoms with Gasteiger partial charge in [-0.15, -0.1) is 11.8 Å². The zero-order valence-electron chi connectivity index (χ0n) is 12.2. The van der Waals surface area contributed by atoms with Crippen LogP contribution < -0.4 is 11.5 Å². The maximum atomic E-state index is 5.96. The van der Waals surface area contributed by atoms with Crippen LogP contribution in [0.4, 0.5) is 11.8 Å². The van der Waals surface area contributed by atoms with Crippen molar-refractivity contribution >= 4 is 45.4 Å². The third-order valence-corrected chi connectivity index (χ3v) is 4.81. The molecule has 0 aliphatic carbocycles. The summed E-state index contributed by atoms with van der Waals surface area (Å²) in [6, 6.07) is 14.6. The highest BCUT2D eigenvalue weighted by Crippen LogP contribution is 2.33. The third-order valence-electron chi connectivity index (χ3n) is 3.69. The van der Waals surface area contributed by atoms with E-state index in [-0.39, 0.29) is 5.95 Å². The van der Waals surface area contributed by atoms with E-state index in [0.29, 0.717) is 11.5 Å². The highest BCUT2D eigenvalue weighted by molar-refractivity contribution is 7.98. The van der Waals surface area contributed by atoms with Gasteiger partial charge in [0, 0.05) is 16.2 Å². The summed E-state index contributed by atoms with van der Waals surface area (Å²) in [5, 5.41) is 3.21. The predicted octanol–water partition coefficient (Wildman–Crippen LogP) is 3.83. The quantitative estimate of drug-likeness (QED) is 0.557. The number of thioether (sulfide) groups is 1. The van der Waals surface area contributed by atoms with E-state index in [0.717, 1.165) is 16.7 Å². The second-order valence-electron chi connectivity index (χ2n) is 5.17. The Hall–Kier alpha value is -2.73. The molecule has 23 heavy (non-hydrogen) atoms. The summed E-state index contributed by atoms with van der Waals surface area (Å²) in [7, 11) is 0. The van der Waals surface area contributed by atoms with E-state index >= 15 is 0 Å². The van der Waals surface area contributed by atoms with E-state index in [2.05, 4.69) is 40.3 Å². The lowest BCUT2D eigenvalue weighted by Gasteiger charge is -2.06. The standard InChI is InChI=1S/C17H14N4OS/c18-15-14-11(8-22-16(14)21-17(19)20-15)9-23-13-7-3-5-10-4-1-2-6-12(10)13/h1-8H,9H2,(H4,18,19,20,21). The van der Waals surface area contributed by atoms with Crippen LogP contribution in [0.2, 0.25) is 0 Å². The van der Waals surface area contributed by atoms with Crippen molar-refractivity contribution in [2.24, 2.45) is 0 Å². The van der Waals surface area contributed by atoms with E-state index in [4.69, 9.17) is 15.9 Å². The zero-order chi connectivity index (χ0) is 15.8. The van der Waals surface area contributed by atoms with Crippen LogP contribution in [0.3, 0.4) is 0 Å². The van der Waals surface area contributed by atoms with Gasteiger partial charge in [0.1, 0.15) is 5.82 Å². The van der Waals surface area contributed by atoms with Gasteiger partial charge < -0.3 is 15.9 Å². The molecule has 5 nitrogen and oxygen atoms in total. The number of nitrogens with zero attached hydrogens (tertiary/aromatic N) is 2. The van der Waals surface area contributed by atoms with Crippen LogP contribution in [-0.4, -0.2) is 9.97 Å². The molecule has 6 heteroatoms. The molecule has 2 heterocycles. The van der Waals surface area contributed by atoms with Crippen LogP contribution in [0.25, 0.3) is 21.9 Å². The highest BCUT2D eigenvalue weighted by Gasteiger charge is 2.13. The molecule has 0 aliphatic rings. The minimum Gasteiger partial charge on any atom is -0.446 e. The van der Waals surface area contributed by atoms with Crippen LogP contribution in [0.1, 0.15) is 5.56 Å². The van der Waals surface area contributed by atoms with Gasteiger partial charge in [-0.2, -0.15) is 9.97 Å². The average Bonchev–Trinajstić information content (AvgIpc) is 2.96. The lowest BCUT2D eigenvalue weighted by atomic mass is 10.1. The molecule has 2 aromatic heterocycles. The minimum atomic E-state index is 0.123. The van der Waals surface area contributed by atoms with Gasteiger partial charge in [0.2, 0.25) is 11.7 Å². The molecule has 0 saturated carbocycles. The van der Waals surface area contributed by atoms with E-state index in [9.17, 15) is 0 Å². The first-order valence-corrected chi connectivity index (χ1v) is 8.10. The summed E-state index contributed by atoms with van der Waals surface area (Å²) < 4.78 is 5.46. The van der Waals surface area contributed by atoms with Gasteiger partial charge in [-0.3, -0.25) is 0 Å².